The van der Waals surface area contributed by atoms with Gasteiger partial charge in [-0.25, -0.2) is 9.97 Å². The van der Waals surface area contributed by atoms with Crippen LogP contribution in [0.15, 0.2) is 67.0 Å². The fourth-order valence-corrected chi connectivity index (χ4v) is 5.73. The van der Waals surface area contributed by atoms with Crippen LogP contribution in [0.1, 0.15) is 108 Å². The van der Waals surface area contributed by atoms with Crippen LogP contribution < -0.4 is 0 Å². The van der Waals surface area contributed by atoms with Crippen molar-refractivity contribution in [3.05, 3.63) is 83.1 Å². The van der Waals surface area contributed by atoms with E-state index in [4.69, 9.17) is 11.6 Å². The standard InChI is InChI=1S/C23H32N2.C11H15Cl/c1-3-4-6-9-19-12-14-20(15-13-19)18(2)22-16-24-23(25-17-22)21-10-7-5-8-11-21;1-2-3-4-6-10-7-5-8-11(12)9-10/h5,7-8,10-11,16-20H,3-4,6,9,12-15H2,1-2H3;5,7-9H,2-4,6H2,1H3. The fraction of sp³-hybridized carbons (Fsp3) is 0.529. The SMILES string of the molecule is CCCCCC1CCC(C(C)c2cnc(-c3ccccc3)nc2)CC1.CCCCCc1cccc(Cl)c1. The molecule has 0 aliphatic heterocycles. The summed E-state index contributed by atoms with van der Waals surface area (Å²) in [6.07, 6.45) is 20.3. The summed E-state index contributed by atoms with van der Waals surface area (Å²) >= 11 is 5.86. The van der Waals surface area contributed by atoms with Crippen molar-refractivity contribution in [3.63, 3.8) is 0 Å². The summed E-state index contributed by atoms with van der Waals surface area (Å²) in [5, 5.41) is 0.851. The lowest BCUT2D eigenvalue weighted by molar-refractivity contribution is 0.236. The quantitative estimate of drug-likeness (QED) is 0.236. The van der Waals surface area contributed by atoms with Crippen LogP contribution in [0.5, 0.6) is 0 Å². The van der Waals surface area contributed by atoms with Gasteiger partial charge in [-0.15, -0.1) is 0 Å². The highest BCUT2D eigenvalue weighted by Crippen LogP contribution is 2.39. The number of aryl methyl sites for hydroxylation is 1. The molecule has 200 valence electrons. The minimum atomic E-state index is 0.571. The number of aromatic nitrogens is 2. The van der Waals surface area contributed by atoms with Crippen molar-refractivity contribution in [2.75, 3.05) is 0 Å². The van der Waals surface area contributed by atoms with E-state index in [-0.39, 0.29) is 0 Å². The highest BCUT2D eigenvalue weighted by molar-refractivity contribution is 6.30. The zero-order chi connectivity index (χ0) is 26.3. The number of nitrogens with zero attached hydrogens (tertiary/aromatic N) is 2. The van der Waals surface area contributed by atoms with Gasteiger partial charge in [0, 0.05) is 23.0 Å². The molecule has 0 radical (unpaired) electrons. The van der Waals surface area contributed by atoms with Gasteiger partial charge in [-0.05, 0) is 66.7 Å². The summed E-state index contributed by atoms with van der Waals surface area (Å²) in [5.41, 5.74) is 3.75. The Labute approximate surface area is 231 Å². The number of unbranched alkanes of at least 4 members (excludes halogenated alkanes) is 4. The van der Waals surface area contributed by atoms with Gasteiger partial charge in [0.15, 0.2) is 5.82 Å². The van der Waals surface area contributed by atoms with E-state index in [9.17, 15) is 0 Å². The zero-order valence-electron chi connectivity index (χ0n) is 23.3. The largest absolute Gasteiger partial charge is 0.236 e. The Morgan fingerprint density at radius 2 is 1.49 bits per heavy atom. The topological polar surface area (TPSA) is 25.8 Å². The number of hydrogen-bond donors (Lipinski definition) is 0. The van der Waals surface area contributed by atoms with E-state index >= 15 is 0 Å². The molecule has 0 amide bonds. The van der Waals surface area contributed by atoms with Crippen molar-refractivity contribution in [1.29, 1.82) is 0 Å². The summed E-state index contributed by atoms with van der Waals surface area (Å²) in [6, 6.07) is 18.4. The first-order chi connectivity index (χ1) is 18.1. The Bertz CT molecular complexity index is 994. The lowest BCUT2D eigenvalue weighted by Crippen LogP contribution is -2.19. The molecule has 1 aromatic heterocycles. The lowest BCUT2D eigenvalue weighted by atomic mass is 9.73. The van der Waals surface area contributed by atoms with Gasteiger partial charge in [-0.3, -0.25) is 0 Å². The molecule has 0 saturated heterocycles. The van der Waals surface area contributed by atoms with E-state index in [1.165, 1.54) is 81.8 Å². The third-order valence-corrected chi connectivity index (χ3v) is 8.24. The Morgan fingerprint density at radius 1 is 0.811 bits per heavy atom. The molecule has 3 aromatic rings. The van der Waals surface area contributed by atoms with Gasteiger partial charge >= 0.3 is 0 Å². The van der Waals surface area contributed by atoms with Crippen LogP contribution in [0.2, 0.25) is 5.02 Å². The second kappa shape index (κ2) is 16.6. The maximum Gasteiger partial charge on any atom is 0.159 e. The number of hydrogen-bond acceptors (Lipinski definition) is 2. The van der Waals surface area contributed by atoms with E-state index in [0.717, 1.165) is 34.7 Å². The van der Waals surface area contributed by atoms with Gasteiger partial charge in [0.25, 0.3) is 0 Å². The van der Waals surface area contributed by atoms with Crippen LogP contribution >= 0.6 is 11.6 Å². The fourth-order valence-electron chi connectivity index (χ4n) is 5.51. The van der Waals surface area contributed by atoms with Crippen LogP contribution in [0, 0.1) is 11.8 Å². The average Bonchev–Trinajstić information content (AvgIpc) is 2.94. The van der Waals surface area contributed by atoms with Gasteiger partial charge in [-0.1, -0.05) is 126 Å². The van der Waals surface area contributed by atoms with Gasteiger partial charge in [0.05, 0.1) is 0 Å². The van der Waals surface area contributed by atoms with Gasteiger partial charge in [0.2, 0.25) is 0 Å². The van der Waals surface area contributed by atoms with E-state index in [1.54, 1.807) is 0 Å². The predicted molar refractivity (Wildman–Crippen MR) is 160 cm³/mol. The van der Waals surface area contributed by atoms with E-state index < -0.39 is 0 Å². The minimum Gasteiger partial charge on any atom is -0.236 e. The highest BCUT2D eigenvalue weighted by Gasteiger charge is 2.26. The molecule has 0 bridgehead atoms. The Balaban J connectivity index is 0.000000266. The first-order valence-corrected chi connectivity index (χ1v) is 15.1. The van der Waals surface area contributed by atoms with E-state index in [1.807, 2.05) is 42.7 Å². The second-order valence-corrected chi connectivity index (χ2v) is 11.3. The maximum atomic E-state index is 5.86. The number of halogens is 1. The molecule has 1 fully saturated rings. The molecule has 2 nitrogen and oxygen atoms in total. The Hall–Kier alpha value is -2.19. The molecular formula is C34H47ClN2. The van der Waals surface area contributed by atoms with E-state index in [0.29, 0.717) is 5.92 Å². The molecular weight excluding hydrogens is 472 g/mol. The molecule has 1 unspecified atom stereocenters. The average molecular weight is 519 g/mol. The molecule has 0 N–H and O–H groups in total. The van der Waals surface area contributed by atoms with E-state index in [2.05, 4.69) is 55.0 Å². The molecule has 1 saturated carbocycles. The van der Waals surface area contributed by atoms with Crippen LogP contribution in [0.3, 0.4) is 0 Å². The van der Waals surface area contributed by atoms with Crippen LogP contribution in [0.25, 0.3) is 11.4 Å². The van der Waals surface area contributed by atoms with Crippen molar-refractivity contribution in [1.82, 2.24) is 9.97 Å². The van der Waals surface area contributed by atoms with Crippen LogP contribution in [-0.2, 0) is 6.42 Å². The minimum absolute atomic E-state index is 0.571. The molecule has 4 rings (SSSR count). The molecule has 1 aliphatic rings. The smallest absolute Gasteiger partial charge is 0.159 e. The third kappa shape index (κ3) is 10.2. The summed E-state index contributed by atoms with van der Waals surface area (Å²) in [4.78, 5) is 9.24. The Morgan fingerprint density at radius 3 is 2.14 bits per heavy atom. The molecule has 1 aliphatic carbocycles. The molecule has 0 spiro atoms. The van der Waals surface area contributed by atoms with Gasteiger partial charge < -0.3 is 0 Å². The predicted octanol–water partition coefficient (Wildman–Crippen LogP) is 10.7. The lowest BCUT2D eigenvalue weighted by Gasteiger charge is -2.32. The van der Waals surface area contributed by atoms with Crippen molar-refractivity contribution >= 4 is 11.6 Å². The second-order valence-electron chi connectivity index (χ2n) is 10.9. The summed E-state index contributed by atoms with van der Waals surface area (Å²) in [7, 11) is 0. The molecule has 1 heterocycles. The summed E-state index contributed by atoms with van der Waals surface area (Å²) in [6.45, 7) is 6.88. The monoisotopic (exact) mass is 518 g/mol. The van der Waals surface area contributed by atoms with Crippen LogP contribution in [0.4, 0.5) is 0 Å². The summed E-state index contributed by atoms with van der Waals surface area (Å²) < 4.78 is 0. The van der Waals surface area contributed by atoms with Crippen molar-refractivity contribution in [3.8, 4) is 11.4 Å². The van der Waals surface area contributed by atoms with Gasteiger partial charge in [-0.2, -0.15) is 0 Å². The first-order valence-electron chi connectivity index (χ1n) is 14.7. The molecule has 2 aromatic carbocycles. The first kappa shape index (κ1) is 29.4. The number of benzene rings is 2. The highest BCUT2D eigenvalue weighted by atomic mass is 35.5. The Kier molecular flexibility index (Phi) is 13.2. The van der Waals surface area contributed by atoms with Gasteiger partial charge in [0.1, 0.15) is 0 Å². The molecule has 37 heavy (non-hydrogen) atoms. The van der Waals surface area contributed by atoms with Crippen molar-refractivity contribution in [2.45, 2.75) is 104 Å². The van der Waals surface area contributed by atoms with Crippen molar-refractivity contribution in [2.24, 2.45) is 11.8 Å². The zero-order valence-corrected chi connectivity index (χ0v) is 24.1. The third-order valence-electron chi connectivity index (χ3n) is 8.00. The maximum absolute atomic E-state index is 5.86. The van der Waals surface area contributed by atoms with Crippen molar-refractivity contribution < 1.29 is 0 Å². The molecule has 1 atom stereocenters. The van der Waals surface area contributed by atoms with Crippen LogP contribution in [-0.4, -0.2) is 9.97 Å². The normalized spacial score (nSPS) is 18.1. The number of rotatable bonds is 11. The summed E-state index contributed by atoms with van der Waals surface area (Å²) in [5.74, 6) is 3.18. The molecule has 3 heteroatoms.